The normalized spacial score (nSPS) is 11.4. The topological polar surface area (TPSA) is 6.48 Å². The molecule has 0 amide bonds. The number of nitrogens with zero attached hydrogens (tertiary/aromatic N) is 2. The Hall–Kier alpha value is 1.32. The predicted octanol–water partition coefficient (Wildman–Crippen LogP) is 2.62. The van der Waals surface area contributed by atoms with Crippen LogP contribution in [0.1, 0.15) is 0 Å². The largest absolute Gasteiger partial charge is 0.247 e. The highest BCUT2D eigenvalue weighted by Crippen LogP contribution is 2.43. The summed E-state index contributed by atoms with van der Waals surface area (Å²) in [6.07, 6.45) is 0. The van der Waals surface area contributed by atoms with E-state index in [1.54, 1.807) is 41.6 Å². The van der Waals surface area contributed by atoms with Gasteiger partial charge in [0.15, 0.2) is 0 Å². The Kier molecular flexibility index (Phi) is 7.92. The molecule has 0 fully saturated rings. The summed E-state index contributed by atoms with van der Waals surface area (Å²) < 4.78 is 4.15. The molecule has 0 aromatic rings. The van der Waals surface area contributed by atoms with Crippen molar-refractivity contribution in [1.29, 1.82) is 0 Å². The van der Waals surface area contributed by atoms with Gasteiger partial charge < -0.3 is 0 Å². The van der Waals surface area contributed by atoms with Crippen LogP contribution in [0.5, 0.6) is 0 Å². The van der Waals surface area contributed by atoms with Crippen LogP contribution >= 0.6 is 41.6 Å². The Balaban J connectivity index is 2.91. The summed E-state index contributed by atoms with van der Waals surface area (Å²) >= 11 is 0. The van der Waals surface area contributed by atoms with Crippen LogP contribution in [0.25, 0.3) is 0 Å². The Morgan fingerprint density at radius 1 is 0.700 bits per heavy atom. The molecule has 0 rings (SSSR count). The SMILES string of the molecule is CN(C)SSSSN(C)C. The molecular formula is C4H12N2S4. The van der Waals surface area contributed by atoms with Crippen LogP contribution in [0.2, 0.25) is 0 Å². The Bertz CT molecular complexity index is 67.7. The van der Waals surface area contributed by atoms with Crippen LogP contribution in [0, 0.1) is 0 Å². The monoisotopic (exact) mass is 216 g/mol. The maximum atomic E-state index is 2.08. The minimum absolute atomic E-state index is 1.74. The lowest BCUT2D eigenvalue weighted by molar-refractivity contribution is 0.711. The molecule has 0 atom stereocenters. The molecule has 0 saturated carbocycles. The molecule has 0 aliphatic carbocycles. The van der Waals surface area contributed by atoms with E-state index in [1.165, 1.54) is 0 Å². The van der Waals surface area contributed by atoms with Gasteiger partial charge in [0.05, 0.1) is 0 Å². The molecular weight excluding hydrogens is 204 g/mol. The molecule has 0 N–H and O–H groups in total. The smallest absolute Gasteiger partial charge is 0.00469 e. The third-order valence-electron chi connectivity index (χ3n) is 0.387. The fraction of sp³-hybridized carbons (Fsp3) is 1.00. The van der Waals surface area contributed by atoms with Gasteiger partial charge in [0, 0.05) is 41.6 Å². The average molecular weight is 216 g/mol. The number of hydrogen-bond acceptors (Lipinski definition) is 6. The van der Waals surface area contributed by atoms with E-state index in [0.29, 0.717) is 0 Å². The van der Waals surface area contributed by atoms with Crippen molar-refractivity contribution in [1.82, 2.24) is 8.61 Å². The highest BCUT2D eigenvalue weighted by atomic mass is 33.7. The summed E-state index contributed by atoms with van der Waals surface area (Å²) in [6, 6.07) is 0. The van der Waals surface area contributed by atoms with Crippen molar-refractivity contribution in [3.8, 4) is 0 Å². The summed E-state index contributed by atoms with van der Waals surface area (Å²) in [7, 11) is 15.2. The van der Waals surface area contributed by atoms with E-state index in [9.17, 15) is 0 Å². The van der Waals surface area contributed by atoms with Crippen molar-refractivity contribution < 1.29 is 0 Å². The van der Waals surface area contributed by atoms with Crippen LogP contribution in [0.4, 0.5) is 0 Å². The molecule has 0 unspecified atom stereocenters. The second-order valence-corrected chi connectivity index (χ2v) is 8.10. The fourth-order valence-corrected chi connectivity index (χ4v) is 5.30. The van der Waals surface area contributed by atoms with Crippen molar-refractivity contribution in [2.24, 2.45) is 0 Å². The quantitative estimate of drug-likeness (QED) is 0.393. The van der Waals surface area contributed by atoms with E-state index in [-0.39, 0.29) is 0 Å². The van der Waals surface area contributed by atoms with Crippen LogP contribution in [0.3, 0.4) is 0 Å². The molecule has 0 aliphatic rings. The average Bonchev–Trinajstić information content (AvgIpc) is 1.79. The van der Waals surface area contributed by atoms with Gasteiger partial charge in [0.1, 0.15) is 0 Å². The van der Waals surface area contributed by atoms with Crippen molar-refractivity contribution in [2.75, 3.05) is 28.2 Å². The van der Waals surface area contributed by atoms with E-state index in [4.69, 9.17) is 0 Å². The maximum absolute atomic E-state index is 2.08. The lowest BCUT2D eigenvalue weighted by Crippen LogP contribution is -1.96. The third kappa shape index (κ3) is 9.32. The molecule has 10 heavy (non-hydrogen) atoms. The predicted molar refractivity (Wildman–Crippen MR) is 57.7 cm³/mol. The molecule has 0 spiro atoms. The van der Waals surface area contributed by atoms with Crippen molar-refractivity contribution >= 4 is 41.6 Å². The van der Waals surface area contributed by atoms with Crippen molar-refractivity contribution in [3.05, 3.63) is 0 Å². The molecule has 0 bridgehead atoms. The van der Waals surface area contributed by atoms with Gasteiger partial charge in [0.25, 0.3) is 0 Å². The second kappa shape index (κ2) is 7.00. The Labute approximate surface area is 78.3 Å². The summed E-state index contributed by atoms with van der Waals surface area (Å²) in [4.78, 5) is 0. The Morgan fingerprint density at radius 3 is 1.20 bits per heavy atom. The molecule has 6 heteroatoms. The first-order valence-electron chi connectivity index (χ1n) is 2.65. The lowest BCUT2D eigenvalue weighted by Gasteiger charge is -2.08. The van der Waals surface area contributed by atoms with E-state index in [1.807, 2.05) is 28.2 Å². The zero-order chi connectivity index (χ0) is 7.98. The summed E-state index contributed by atoms with van der Waals surface area (Å²) in [5.41, 5.74) is 0. The third-order valence-corrected chi connectivity index (χ3v) is 6.58. The lowest BCUT2D eigenvalue weighted by atomic mass is 11.3. The molecule has 0 aromatic carbocycles. The van der Waals surface area contributed by atoms with Crippen molar-refractivity contribution in [2.45, 2.75) is 0 Å². The summed E-state index contributed by atoms with van der Waals surface area (Å²) in [5.74, 6) is 0. The first-order valence-corrected chi connectivity index (χ1v) is 7.38. The van der Waals surface area contributed by atoms with Gasteiger partial charge >= 0.3 is 0 Å². The van der Waals surface area contributed by atoms with Crippen LogP contribution in [-0.2, 0) is 0 Å². The van der Waals surface area contributed by atoms with Crippen LogP contribution < -0.4 is 0 Å². The van der Waals surface area contributed by atoms with Gasteiger partial charge in [-0.05, 0) is 28.2 Å². The molecule has 0 heterocycles. The molecule has 0 aliphatic heterocycles. The first-order chi connectivity index (χ1) is 4.63. The molecule has 0 aromatic heterocycles. The van der Waals surface area contributed by atoms with Crippen LogP contribution in [0.15, 0.2) is 0 Å². The summed E-state index contributed by atoms with van der Waals surface area (Å²) in [6.45, 7) is 0. The molecule has 62 valence electrons. The first kappa shape index (κ1) is 11.3. The van der Waals surface area contributed by atoms with E-state index >= 15 is 0 Å². The number of rotatable bonds is 5. The van der Waals surface area contributed by atoms with E-state index in [0.717, 1.165) is 0 Å². The number of hydrogen-bond donors (Lipinski definition) is 0. The van der Waals surface area contributed by atoms with Gasteiger partial charge in [-0.1, -0.05) is 0 Å². The summed E-state index contributed by atoms with van der Waals surface area (Å²) in [5, 5.41) is 0. The highest BCUT2D eigenvalue weighted by Gasteiger charge is 1.95. The van der Waals surface area contributed by atoms with Gasteiger partial charge in [-0.3, -0.25) is 0 Å². The van der Waals surface area contributed by atoms with Gasteiger partial charge in [-0.2, -0.15) is 0 Å². The standard InChI is InChI=1S/C4H12N2S4/c1-5(2)7-9-10-8-6(3)4/h1-4H3. The van der Waals surface area contributed by atoms with Gasteiger partial charge in [0.2, 0.25) is 0 Å². The minimum Gasteiger partial charge on any atom is -0.247 e. The minimum atomic E-state index is 1.74. The van der Waals surface area contributed by atoms with E-state index in [2.05, 4.69) is 8.61 Å². The maximum Gasteiger partial charge on any atom is 0.00469 e. The zero-order valence-electron chi connectivity index (χ0n) is 6.53. The second-order valence-electron chi connectivity index (χ2n) is 1.91. The Morgan fingerprint density at radius 2 is 1.00 bits per heavy atom. The zero-order valence-corrected chi connectivity index (χ0v) is 9.79. The van der Waals surface area contributed by atoms with E-state index < -0.39 is 0 Å². The molecule has 0 saturated heterocycles. The van der Waals surface area contributed by atoms with Gasteiger partial charge in [-0.25, -0.2) is 8.61 Å². The van der Waals surface area contributed by atoms with Crippen LogP contribution in [-0.4, -0.2) is 36.8 Å². The van der Waals surface area contributed by atoms with Gasteiger partial charge in [-0.15, -0.1) is 0 Å². The molecule has 0 radical (unpaired) electrons. The fourth-order valence-electron chi connectivity index (χ4n) is 0.147. The molecule has 2 nitrogen and oxygen atoms in total. The van der Waals surface area contributed by atoms with Crippen molar-refractivity contribution in [3.63, 3.8) is 0 Å². The highest BCUT2D eigenvalue weighted by molar-refractivity contribution is 9.25.